The number of ether oxygens (including phenoxy) is 4. The molecule has 3 aliphatic heterocycles. The molecule has 0 aromatic rings. The molecular weight excluding hydrogens is 276 g/mol. The Kier molecular flexibility index (Phi) is 4.55. The highest BCUT2D eigenvalue weighted by Gasteiger charge is 2.45. The topological polar surface area (TPSA) is 84.0 Å². The minimum absolute atomic E-state index is 0.0176. The van der Waals surface area contributed by atoms with Crippen LogP contribution in [0.25, 0.3) is 0 Å². The summed E-state index contributed by atoms with van der Waals surface area (Å²) in [5.74, 6) is -0.545. The van der Waals surface area contributed by atoms with E-state index in [9.17, 15) is 0 Å². The molecule has 3 heterocycles. The molecule has 0 radical (unpaired) electrons. The largest absolute Gasteiger partial charge is 0.394 e. The van der Waals surface area contributed by atoms with Crippen molar-refractivity contribution in [1.29, 1.82) is 0 Å². The van der Waals surface area contributed by atoms with Crippen molar-refractivity contribution in [1.82, 2.24) is 0 Å². The van der Waals surface area contributed by atoms with Gasteiger partial charge in [-0.25, -0.2) is 0 Å². The summed E-state index contributed by atoms with van der Waals surface area (Å²) in [5, 5.41) is 18.0. The minimum atomic E-state index is -0.545. The summed E-state index contributed by atoms with van der Waals surface area (Å²) in [5.41, 5.74) is 0. The van der Waals surface area contributed by atoms with Gasteiger partial charge in [-0.3, -0.25) is 0 Å². The van der Waals surface area contributed by atoms with E-state index in [1.807, 2.05) is 13.8 Å². The predicted molar refractivity (Wildman–Crippen MR) is 73.8 cm³/mol. The molecule has 6 nitrogen and oxygen atoms in total. The molecule has 122 valence electrons. The van der Waals surface area contributed by atoms with Gasteiger partial charge in [0.15, 0.2) is 5.79 Å². The van der Waals surface area contributed by atoms with Gasteiger partial charge in [-0.15, -0.1) is 0 Å². The van der Waals surface area contributed by atoms with Gasteiger partial charge in [0.25, 0.3) is 0 Å². The van der Waals surface area contributed by atoms with Crippen molar-refractivity contribution in [3.8, 4) is 0 Å². The van der Waals surface area contributed by atoms with Crippen molar-refractivity contribution >= 4 is 0 Å². The third kappa shape index (κ3) is 3.94. The van der Waals surface area contributed by atoms with E-state index >= 15 is 0 Å². The summed E-state index contributed by atoms with van der Waals surface area (Å²) in [6.07, 6.45) is 4.06. The van der Waals surface area contributed by atoms with Crippen LogP contribution in [0.2, 0.25) is 0 Å². The van der Waals surface area contributed by atoms with Crippen LogP contribution in [0.1, 0.15) is 39.5 Å². The maximum Gasteiger partial charge on any atom is 0.163 e. The molecule has 3 fully saturated rings. The van der Waals surface area contributed by atoms with Gasteiger partial charge in [0, 0.05) is 0 Å². The molecule has 3 rings (SSSR count). The second-order valence-electron chi connectivity index (χ2n) is 6.66. The number of aliphatic hydroxyl groups excluding tert-OH is 2. The summed E-state index contributed by atoms with van der Waals surface area (Å²) >= 11 is 0. The third-order valence-electron chi connectivity index (χ3n) is 4.49. The van der Waals surface area contributed by atoms with E-state index in [1.54, 1.807) is 0 Å². The second-order valence-corrected chi connectivity index (χ2v) is 6.66. The van der Waals surface area contributed by atoms with Crippen LogP contribution in [0, 0.1) is 0 Å². The molecule has 21 heavy (non-hydrogen) atoms. The lowest BCUT2D eigenvalue weighted by Gasteiger charge is -2.16. The molecule has 0 spiro atoms. The van der Waals surface area contributed by atoms with Crippen LogP contribution in [0.4, 0.5) is 0 Å². The van der Waals surface area contributed by atoms with Crippen molar-refractivity contribution in [2.24, 2.45) is 0 Å². The average molecular weight is 302 g/mol. The Balaban J connectivity index is 1.43. The lowest BCUT2D eigenvalue weighted by Crippen LogP contribution is -2.24. The Morgan fingerprint density at radius 3 is 1.38 bits per heavy atom. The molecular formula is C15H26O6. The van der Waals surface area contributed by atoms with Crippen molar-refractivity contribution in [3.05, 3.63) is 0 Å². The van der Waals surface area contributed by atoms with Crippen LogP contribution in [0.15, 0.2) is 0 Å². The first-order valence-corrected chi connectivity index (χ1v) is 7.90. The SMILES string of the molecule is CC1(C)OC(CC[C@H]2OC2CO)[C@H](CC[C@H]2O[C@@H]2CO)O1. The molecule has 0 amide bonds. The molecule has 0 aromatic heterocycles. The fourth-order valence-electron chi connectivity index (χ4n) is 3.24. The Morgan fingerprint density at radius 2 is 1.05 bits per heavy atom. The fourth-order valence-corrected chi connectivity index (χ4v) is 3.24. The molecule has 0 saturated carbocycles. The third-order valence-corrected chi connectivity index (χ3v) is 4.49. The minimum Gasteiger partial charge on any atom is -0.394 e. The van der Waals surface area contributed by atoms with Crippen molar-refractivity contribution in [3.63, 3.8) is 0 Å². The molecule has 2 unspecified atom stereocenters. The zero-order valence-electron chi connectivity index (χ0n) is 12.7. The molecule has 6 atom stereocenters. The van der Waals surface area contributed by atoms with Gasteiger partial charge >= 0.3 is 0 Å². The van der Waals surface area contributed by atoms with Crippen LogP contribution in [0.5, 0.6) is 0 Å². The lowest BCUT2D eigenvalue weighted by molar-refractivity contribution is -0.147. The Morgan fingerprint density at radius 1 is 0.667 bits per heavy atom. The Labute approximate surface area is 125 Å². The maximum absolute atomic E-state index is 8.99. The molecule has 0 aromatic carbocycles. The zero-order chi connectivity index (χ0) is 15.0. The van der Waals surface area contributed by atoms with E-state index in [-0.39, 0.29) is 49.8 Å². The summed E-state index contributed by atoms with van der Waals surface area (Å²) in [4.78, 5) is 0. The van der Waals surface area contributed by atoms with Gasteiger partial charge in [0.05, 0.1) is 37.6 Å². The maximum atomic E-state index is 8.99. The molecule has 0 bridgehead atoms. The van der Waals surface area contributed by atoms with Crippen LogP contribution in [-0.2, 0) is 18.9 Å². The highest BCUT2D eigenvalue weighted by atomic mass is 16.8. The highest BCUT2D eigenvalue weighted by molar-refractivity contribution is 4.90. The van der Waals surface area contributed by atoms with Crippen LogP contribution >= 0.6 is 0 Å². The van der Waals surface area contributed by atoms with Crippen molar-refractivity contribution in [2.75, 3.05) is 13.2 Å². The van der Waals surface area contributed by atoms with E-state index < -0.39 is 5.79 Å². The van der Waals surface area contributed by atoms with Crippen LogP contribution in [-0.4, -0.2) is 65.8 Å². The first kappa shape index (κ1) is 15.6. The van der Waals surface area contributed by atoms with Crippen LogP contribution in [0.3, 0.4) is 0 Å². The number of epoxide rings is 2. The van der Waals surface area contributed by atoms with E-state index in [4.69, 9.17) is 29.2 Å². The normalized spacial score (nSPS) is 44.0. The van der Waals surface area contributed by atoms with Gasteiger partial charge in [-0.2, -0.15) is 0 Å². The van der Waals surface area contributed by atoms with Gasteiger partial charge in [0.1, 0.15) is 12.2 Å². The molecule has 2 N–H and O–H groups in total. The summed E-state index contributed by atoms with van der Waals surface area (Å²) < 4.78 is 22.7. The number of aliphatic hydroxyl groups is 2. The van der Waals surface area contributed by atoms with Gasteiger partial charge in [0.2, 0.25) is 0 Å². The molecule has 0 aliphatic carbocycles. The standard InChI is InChI=1S/C15H26O6/c1-15(2)20-11(5-3-9-13(7-16)18-9)12(21-15)6-4-10-14(8-17)19-10/h9-14,16-17H,3-8H2,1-2H3/t9-,10-,11+,12?,13-,14?/m1/s1. The lowest BCUT2D eigenvalue weighted by atomic mass is 10.0. The predicted octanol–water partition coefficient (Wildman–Crippen LogP) is 0.586. The highest BCUT2D eigenvalue weighted by Crippen LogP contribution is 2.37. The average Bonchev–Trinajstić information content (AvgIpc) is 3.33. The van der Waals surface area contributed by atoms with E-state index in [0.717, 1.165) is 25.7 Å². The van der Waals surface area contributed by atoms with Gasteiger partial charge < -0.3 is 29.2 Å². The second kappa shape index (κ2) is 6.10. The van der Waals surface area contributed by atoms with E-state index in [0.29, 0.717) is 0 Å². The monoisotopic (exact) mass is 302 g/mol. The van der Waals surface area contributed by atoms with Crippen LogP contribution < -0.4 is 0 Å². The molecule has 3 aliphatic rings. The number of hydrogen-bond acceptors (Lipinski definition) is 6. The first-order valence-electron chi connectivity index (χ1n) is 7.90. The van der Waals surface area contributed by atoms with Crippen molar-refractivity contribution < 1.29 is 29.2 Å². The summed E-state index contributed by atoms with van der Waals surface area (Å²) in [7, 11) is 0. The smallest absolute Gasteiger partial charge is 0.163 e. The van der Waals surface area contributed by atoms with E-state index in [1.165, 1.54) is 0 Å². The van der Waals surface area contributed by atoms with E-state index in [2.05, 4.69) is 0 Å². The number of rotatable bonds is 8. The molecule has 3 saturated heterocycles. The zero-order valence-corrected chi connectivity index (χ0v) is 12.7. The van der Waals surface area contributed by atoms with Crippen molar-refractivity contribution in [2.45, 2.75) is 81.9 Å². The fraction of sp³-hybridized carbons (Fsp3) is 1.00. The van der Waals surface area contributed by atoms with Gasteiger partial charge in [-0.05, 0) is 39.5 Å². The Bertz CT molecular complexity index is 328. The quantitative estimate of drug-likeness (QED) is 0.638. The van der Waals surface area contributed by atoms with Gasteiger partial charge in [-0.1, -0.05) is 0 Å². The number of hydrogen-bond donors (Lipinski definition) is 2. The molecule has 6 heteroatoms. The summed E-state index contributed by atoms with van der Waals surface area (Å²) in [6.45, 7) is 4.08. The Hall–Kier alpha value is -0.240. The first-order chi connectivity index (χ1) is 10.0. The summed E-state index contributed by atoms with van der Waals surface area (Å²) in [6, 6.07) is 0.